The minimum atomic E-state index is -0.110. The van der Waals surface area contributed by atoms with E-state index in [2.05, 4.69) is 35.2 Å². The minimum absolute atomic E-state index is 0.0108. The van der Waals surface area contributed by atoms with Crippen LogP contribution in [0.15, 0.2) is 0 Å². The normalized spacial score (nSPS) is 10.5. The number of nitrogen functional groups attached to an aromatic ring is 2. The van der Waals surface area contributed by atoms with Crippen molar-refractivity contribution in [3.63, 3.8) is 0 Å². The summed E-state index contributed by atoms with van der Waals surface area (Å²) in [6, 6.07) is 5.66. The van der Waals surface area contributed by atoms with Crippen molar-refractivity contribution in [2.45, 2.75) is 0 Å². The molecule has 0 saturated heterocycles. The van der Waals surface area contributed by atoms with Crippen molar-refractivity contribution in [3.8, 4) is 18.2 Å². The molecule has 1 aromatic carbocycles. The molecule has 4 aromatic rings. The lowest BCUT2D eigenvalue weighted by Gasteiger charge is -2.10. The third-order valence-electron chi connectivity index (χ3n) is 3.97. The molecule has 0 bridgehead atoms. The quantitative estimate of drug-likeness (QED) is 0.388. The van der Waals surface area contributed by atoms with Gasteiger partial charge in [0.2, 0.25) is 0 Å². The fourth-order valence-corrected chi connectivity index (χ4v) is 2.74. The van der Waals surface area contributed by atoms with Gasteiger partial charge < -0.3 is 16.8 Å². The van der Waals surface area contributed by atoms with Crippen LogP contribution in [-0.4, -0.2) is 37.0 Å². The first-order chi connectivity index (χ1) is 13.5. The third kappa shape index (κ3) is 2.14. The smallest absolute Gasteiger partial charge is 0.183 e. The van der Waals surface area contributed by atoms with Crippen LogP contribution < -0.4 is 16.8 Å². The summed E-state index contributed by atoms with van der Waals surface area (Å²) in [5, 5.41) is 30.6. The van der Waals surface area contributed by atoms with Crippen molar-refractivity contribution in [2.24, 2.45) is 0 Å². The first kappa shape index (κ1) is 16.6. The molecule has 3 heterocycles. The summed E-state index contributed by atoms with van der Waals surface area (Å²) in [6.45, 7) is 0. The number of nitrogens with one attached hydrogen (secondary N) is 1. The van der Waals surface area contributed by atoms with E-state index in [0.29, 0.717) is 0 Å². The molecule has 0 aliphatic rings. The number of fused-ring (bicyclic) bond motifs is 6. The molecule has 12 heteroatoms. The Kier molecular flexibility index (Phi) is 3.45. The van der Waals surface area contributed by atoms with E-state index in [-0.39, 0.29) is 67.6 Å². The topological polar surface area (TPSA) is 213 Å². The molecule has 0 unspecified atom stereocenters. The highest BCUT2D eigenvalue weighted by atomic mass is 15.0. The summed E-state index contributed by atoms with van der Waals surface area (Å²) in [5.41, 5.74) is 12.5. The number of hydrogen-bond acceptors (Lipinski definition) is 12. The van der Waals surface area contributed by atoms with Gasteiger partial charge in [-0.3, -0.25) is 0 Å². The van der Waals surface area contributed by atoms with Crippen molar-refractivity contribution in [1.82, 2.24) is 29.9 Å². The highest BCUT2D eigenvalue weighted by molar-refractivity contribution is 6.18. The zero-order valence-corrected chi connectivity index (χ0v) is 14.2. The lowest BCUT2D eigenvalue weighted by molar-refractivity contribution is 1.19. The lowest BCUT2D eigenvalue weighted by atomic mass is 10.1. The summed E-state index contributed by atoms with van der Waals surface area (Å²) in [4.78, 5) is 25.6. The molecular formula is C16H8N12. The summed E-state index contributed by atoms with van der Waals surface area (Å²) >= 11 is 0. The fourth-order valence-electron chi connectivity index (χ4n) is 2.74. The van der Waals surface area contributed by atoms with Gasteiger partial charge in [0, 0.05) is 7.05 Å². The van der Waals surface area contributed by atoms with Crippen LogP contribution in [0.2, 0.25) is 0 Å². The van der Waals surface area contributed by atoms with Gasteiger partial charge >= 0.3 is 0 Å². The van der Waals surface area contributed by atoms with E-state index in [0.717, 1.165) is 0 Å². The number of nitriles is 3. The number of anilines is 3. The highest BCUT2D eigenvalue weighted by Crippen LogP contribution is 2.32. The summed E-state index contributed by atoms with van der Waals surface area (Å²) in [5.74, 6) is -0.00629. The number of rotatable bonds is 1. The van der Waals surface area contributed by atoms with E-state index >= 15 is 0 Å². The molecular weight excluding hydrogens is 360 g/mol. The van der Waals surface area contributed by atoms with Gasteiger partial charge in [0.05, 0.1) is 0 Å². The molecule has 0 spiro atoms. The first-order valence-electron chi connectivity index (χ1n) is 7.68. The predicted molar refractivity (Wildman–Crippen MR) is 98.2 cm³/mol. The fraction of sp³-hybridized carbons (Fsp3) is 0.0625. The average molecular weight is 368 g/mol. The van der Waals surface area contributed by atoms with Gasteiger partial charge in [0.15, 0.2) is 34.5 Å². The maximum atomic E-state index is 9.37. The Bertz CT molecular complexity index is 1450. The summed E-state index contributed by atoms with van der Waals surface area (Å²) in [7, 11) is 1.58. The molecule has 4 rings (SSSR count). The SMILES string of the molecule is CNc1nc2c3nc(C#N)c(N)nc3c3nc(N)c(C#N)nc3c2nc1C#N. The molecule has 132 valence electrons. The molecule has 0 atom stereocenters. The van der Waals surface area contributed by atoms with Crippen molar-refractivity contribution >= 4 is 50.6 Å². The van der Waals surface area contributed by atoms with Gasteiger partial charge in [-0.2, -0.15) is 15.8 Å². The molecule has 0 saturated carbocycles. The number of nitrogens with two attached hydrogens (primary N) is 2. The van der Waals surface area contributed by atoms with Crippen LogP contribution in [0.1, 0.15) is 17.1 Å². The second-order valence-electron chi connectivity index (χ2n) is 5.51. The first-order valence-corrected chi connectivity index (χ1v) is 7.68. The summed E-state index contributed by atoms with van der Waals surface area (Å²) in [6.07, 6.45) is 0. The third-order valence-corrected chi connectivity index (χ3v) is 3.97. The monoisotopic (exact) mass is 368 g/mol. The van der Waals surface area contributed by atoms with Crippen molar-refractivity contribution in [3.05, 3.63) is 17.1 Å². The average Bonchev–Trinajstić information content (AvgIpc) is 2.72. The Morgan fingerprint density at radius 3 is 1.36 bits per heavy atom. The van der Waals surface area contributed by atoms with Crippen LogP contribution in [0.4, 0.5) is 17.5 Å². The van der Waals surface area contributed by atoms with Crippen LogP contribution in [0, 0.1) is 34.0 Å². The Labute approximate surface area is 156 Å². The molecule has 0 fully saturated rings. The van der Waals surface area contributed by atoms with Crippen LogP contribution in [-0.2, 0) is 0 Å². The maximum absolute atomic E-state index is 9.37. The van der Waals surface area contributed by atoms with E-state index in [4.69, 9.17) is 11.5 Å². The molecule has 0 amide bonds. The highest BCUT2D eigenvalue weighted by Gasteiger charge is 2.21. The number of hydrogen-bond donors (Lipinski definition) is 3. The molecule has 12 nitrogen and oxygen atoms in total. The Hall–Kier alpha value is -4.89. The Balaban J connectivity index is 2.38. The Morgan fingerprint density at radius 2 is 0.964 bits per heavy atom. The summed E-state index contributed by atoms with van der Waals surface area (Å²) < 4.78 is 0. The van der Waals surface area contributed by atoms with Gasteiger partial charge in [-0.1, -0.05) is 0 Å². The van der Waals surface area contributed by atoms with Gasteiger partial charge in [-0.25, -0.2) is 29.9 Å². The predicted octanol–water partition coefficient (Wildman–Crippen LogP) is 0.337. The minimum Gasteiger partial charge on any atom is -0.381 e. The molecule has 0 aliphatic carbocycles. The second-order valence-corrected chi connectivity index (χ2v) is 5.51. The second kappa shape index (κ2) is 5.83. The zero-order valence-electron chi connectivity index (χ0n) is 14.2. The molecule has 0 aliphatic heterocycles. The standard InChI is InChI=1S/C16H8N12/c1-22-16-7(4-19)25-9-8-11(26-14(20)5(2-17)23-8)12-10(13(9)28-16)24-6(3-18)15(21)27-12/h1H3,(H2,20,26)(H2,21,27)(H,22,28). The van der Waals surface area contributed by atoms with Gasteiger partial charge in [0.25, 0.3) is 0 Å². The maximum Gasteiger partial charge on any atom is 0.183 e. The van der Waals surface area contributed by atoms with Crippen molar-refractivity contribution in [2.75, 3.05) is 23.8 Å². The van der Waals surface area contributed by atoms with Gasteiger partial charge in [-0.15, -0.1) is 0 Å². The van der Waals surface area contributed by atoms with E-state index < -0.39 is 0 Å². The number of benzene rings is 1. The van der Waals surface area contributed by atoms with E-state index in [1.54, 1.807) is 7.05 Å². The number of nitrogens with zero attached hydrogens (tertiary/aromatic N) is 9. The van der Waals surface area contributed by atoms with Gasteiger partial charge in [0.1, 0.15) is 51.3 Å². The van der Waals surface area contributed by atoms with Crippen molar-refractivity contribution in [1.29, 1.82) is 15.8 Å². The van der Waals surface area contributed by atoms with Gasteiger partial charge in [-0.05, 0) is 0 Å². The molecule has 3 aromatic heterocycles. The van der Waals surface area contributed by atoms with Crippen LogP contribution in [0.3, 0.4) is 0 Å². The van der Waals surface area contributed by atoms with Crippen LogP contribution in [0.25, 0.3) is 33.1 Å². The van der Waals surface area contributed by atoms with E-state index in [1.807, 2.05) is 18.2 Å². The van der Waals surface area contributed by atoms with E-state index in [9.17, 15) is 15.8 Å². The largest absolute Gasteiger partial charge is 0.381 e. The van der Waals surface area contributed by atoms with Crippen molar-refractivity contribution < 1.29 is 0 Å². The van der Waals surface area contributed by atoms with Crippen LogP contribution >= 0.6 is 0 Å². The van der Waals surface area contributed by atoms with Crippen LogP contribution in [0.5, 0.6) is 0 Å². The number of aromatic nitrogens is 6. The lowest BCUT2D eigenvalue weighted by Crippen LogP contribution is -2.07. The molecule has 0 radical (unpaired) electrons. The molecule has 28 heavy (non-hydrogen) atoms. The zero-order chi connectivity index (χ0) is 20.0. The van der Waals surface area contributed by atoms with E-state index in [1.165, 1.54) is 0 Å². The molecule has 5 N–H and O–H groups in total. The Morgan fingerprint density at radius 1 is 0.607 bits per heavy atom.